The molecular formula is C21H24FN3OS. The average Bonchev–Trinajstić information content (AvgIpc) is 3.03. The van der Waals surface area contributed by atoms with Crippen LogP contribution in [0.1, 0.15) is 27.9 Å². The van der Waals surface area contributed by atoms with Crippen LogP contribution in [0.2, 0.25) is 0 Å². The molecule has 0 bridgehead atoms. The van der Waals surface area contributed by atoms with Crippen LogP contribution in [0.5, 0.6) is 0 Å². The number of aryl methyl sites for hydroxylation is 2. The zero-order valence-corrected chi connectivity index (χ0v) is 16.9. The number of hydrogen-bond acceptors (Lipinski definition) is 4. The number of anilines is 1. The molecule has 0 atom stereocenters. The third kappa shape index (κ3) is 4.34. The number of nitrogens with zero attached hydrogens (tertiary/aromatic N) is 3. The molecule has 0 saturated carbocycles. The Labute approximate surface area is 163 Å². The Morgan fingerprint density at radius 2 is 1.93 bits per heavy atom. The zero-order valence-electron chi connectivity index (χ0n) is 16.1. The smallest absolute Gasteiger partial charge is 0.260 e. The van der Waals surface area contributed by atoms with Crippen molar-refractivity contribution in [3.63, 3.8) is 0 Å². The topological polar surface area (TPSA) is 36.4 Å². The minimum atomic E-state index is -0.359. The lowest BCUT2D eigenvalue weighted by Gasteiger charge is -2.22. The molecule has 0 spiro atoms. The molecule has 1 heterocycles. The minimum Gasteiger partial charge on any atom is -0.309 e. The van der Waals surface area contributed by atoms with Gasteiger partial charge in [-0.25, -0.2) is 9.37 Å². The lowest BCUT2D eigenvalue weighted by molar-refractivity contribution is 0.0985. The maximum absolute atomic E-state index is 14.1. The van der Waals surface area contributed by atoms with Crippen LogP contribution in [0.3, 0.4) is 0 Å². The van der Waals surface area contributed by atoms with Crippen LogP contribution in [0, 0.1) is 19.7 Å². The molecule has 0 unspecified atom stereocenters. The lowest BCUT2D eigenvalue weighted by Crippen LogP contribution is -2.33. The van der Waals surface area contributed by atoms with Gasteiger partial charge in [-0.05, 0) is 64.7 Å². The predicted molar refractivity (Wildman–Crippen MR) is 110 cm³/mol. The van der Waals surface area contributed by atoms with E-state index in [4.69, 9.17) is 0 Å². The number of aromatic nitrogens is 1. The maximum Gasteiger partial charge on any atom is 0.260 e. The zero-order chi connectivity index (χ0) is 19.6. The summed E-state index contributed by atoms with van der Waals surface area (Å²) < 4.78 is 14.8. The quantitative estimate of drug-likeness (QED) is 0.620. The van der Waals surface area contributed by atoms with Gasteiger partial charge in [0, 0.05) is 12.1 Å². The third-order valence-electron chi connectivity index (χ3n) is 4.43. The highest BCUT2D eigenvalue weighted by atomic mass is 32.1. The van der Waals surface area contributed by atoms with Crippen LogP contribution in [0.4, 0.5) is 9.52 Å². The monoisotopic (exact) mass is 385 g/mol. The van der Waals surface area contributed by atoms with Gasteiger partial charge in [0.05, 0.1) is 4.70 Å². The highest BCUT2D eigenvalue weighted by molar-refractivity contribution is 7.22. The van der Waals surface area contributed by atoms with Crippen LogP contribution in [-0.4, -0.2) is 43.0 Å². The third-order valence-corrected chi connectivity index (χ3v) is 5.48. The molecule has 0 aliphatic rings. The van der Waals surface area contributed by atoms with Crippen LogP contribution in [-0.2, 0) is 0 Å². The van der Waals surface area contributed by atoms with Crippen molar-refractivity contribution in [1.29, 1.82) is 0 Å². The van der Waals surface area contributed by atoms with E-state index in [2.05, 4.69) is 9.88 Å². The molecule has 27 heavy (non-hydrogen) atoms. The van der Waals surface area contributed by atoms with Crippen molar-refractivity contribution in [3.8, 4) is 0 Å². The van der Waals surface area contributed by atoms with Gasteiger partial charge in [0.25, 0.3) is 5.91 Å². The summed E-state index contributed by atoms with van der Waals surface area (Å²) in [7, 11) is 4.01. The van der Waals surface area contributed by atoms with E-state index in [9.17, 15) is 9.18 Å². The predicted octanol–water partition coefficient (Wildman–Crippen LogP) is 4.65. The molecule has 0 saturated heterocycles. The standard InChI is InChI=1S/C21H24FN3OS/c1-14-9-10-16(15(2)13-14)20(26)25(12-6-11-24(3)4)21-23-19-17(22)7-5-8-18(19)27-21/h5,7-10,13H,6,11-12H2,1-4H3. The number of hydrogen-bond donors (Lipinski definition) is 0. The number of para-hydroxylation sites is 1. The van der Waals surface area contributed by atoms with Gasteiger partial charge in [-0.15, -0.1) is 0 Å². The van der Waals surface area contributed by atoms with Crippen molar-refractivity contribution in [3.05, 3.63) is 58.9 Å². The van der Waals surface area contributed by atoms with Gasteiger partial charge in [-0.1, -0.05) is 35.1 Å². The first-order valence-corrected chi connectivity index (χ1v) is 9.77. The molecule has 0 radical (unpaired) electrons. The molecule has 4 nitrogen and oxygen atoms in total. The second kappa shape index (κ2) is 8.15. The number of rotatable bonds is 6. The van der Waals surface area contributed by atoms with Crippen molar-refractivity contribution in [2.45, 2.75) is 20.3 Å². The van der Waals surface area contributed by atoms with Crippen molar-refractivity contribution >= 4 is 32.6 Å². The Hall–Kier alpha value is -2.31. The second-order valence-corrected chi connectivity index (χ2v) is 8.02. The Kier molecular flexibility index (Phi) is 5.87. The number of amides is 1. The summed E-state index contributed by atoms with van der Waals surface area (Å²) in [6, 6.07) is 10.7. The molecular weight excluding hydrogens is 361 g/mol. The first-order chi connectivity index (χ1) is 12.9. The summed E-state index contributed by atoms with van der Waals surface area (Å²) in [6.07, 6.45) is 0.808. The highest BCUT2D eigenvalue weighted by Crippen LogP contribution is 2.31. The number of carbonyl (C=O) groups excluding carboxylic acids is 1. The summed E-state index contributed by atoms with van der Waals surface area (Å²) in [5.74, 6) is -0.451. The molecule has 3 aromatic rings. The van der Waals surface area contributed by atoms with Gasteiger partial charge in [-0.3, -0.25) is 9.69 Å². The van der Waals surface area contributed by atoms with Crippen molar-refractivity contribution < 1.29 is 9.18 Å². The molecule has 142 valence electrons. The molecule has 0 aliphatic carbocycles. The Balaban J connectivity index is 1.98. The van der Waals surface area contributed by atoms with Gasteiger partial charge in [0.1, 0.15) is 11.3 Å². The van der Waals surface area contributed by atoms with Crippen molar-refractivity contribution in [2.24, 2.45) is 0 Å². The molecule has 6 heteroatoms. The SMILES string of the molecule is Cc1ccc(C(=O)N(CCCN(C)C)c2nc3c(F)cccc3s2)c(C)c1. The maximum atomic E-state index is 14.1. The first-order valence-electron chi connectivity index (χ1n) is 8.95. The number of fused-ring (bicyclic) bond motifs is 1. The Bertz CT molecular complexity index is 967. The minimum absolute atomic E-state index is 0.0919. The molecule has 3 rings (SSSR count). The fraction of sp³-hybridized carbons (Fsp3) is 0.333. The summed E-state index contributed by atoms with van der Waals surface area (Å²) in [4.78, 5) is 21.5. The fourth-order valence-corrected chi connectivity index (χ4v) is 4.05. The normalized spacial score (nSPS) is 11.3. The van der Waals surface area contributed by atoms with E-state index in [0.29, 0.717) is 22.8 Å². The van der Waals surface area contributed by atoms with Crippen LogP contribution in [0.25, 0.3) is 10.2 Å². The van der Waals surface area contributed by atoms with E-state index in [-0.39, 0.29) is 11.7 Å². The molecule has 1 aromatic heterocycles. The van der Waals surface area contributed by atoms with Crippen molar-refractivity contribution in [1.82, 2.24) is 9.88 Å². The number of thiazole rings is 1. The van der Waals surface area contributed by atoms with E-state index in [1.165, 1.54) is 17.4 Å². The number of benzene rings is 2. The Morgan fingerprint density at radius 3 is 2.59 bits per heavy atom. The molecule has 0 N–H and O–H groups in total. The van der Waals surface area contributed by atoms with Crippen LogP contribution in [0.15, 0.2) is 36.4 Å². The summed E-state index contributed by atoms with van der Waals surface area (Å²) >= 11 is 1.35. The van der Waals surface area contributed by atoms with Crippen molar-refractivity contribution in [2.75, 3.05) is 32.1 Å². The highest BCUT2D eigenvalue weighted by Gasteiger charge is 2.23. The van der Waals surface area contributed by atoms with Gasteiger partial charge in [-0.2, -0.15) is 0 Å². The van der Waals surface area contributed by atoms with E-state index < -0.39 is 0 Å². The summed E-state index contributed by atoms with van der Waals surface area (Å²) in [5.41, 5.74) is 3.03. The van der Waals surface area contributed by atoms with E-state index >= 15 is 0 Å². The molecule has 0 aliphatic heterocycles. The van der Waals surface area contributed by atoms with Gasteiger partial charge < -0.3 is 4.90 Å². The number of halogens is 1. The molecule has 1 amide bonds. The van der Waals surface area contributed by atoms with Gasteiger partial charge in [0.15, 0.2) is 5.13 Å². The average molecular weight is 386 g/mol. The number of carbonyl (C=O) groups is 1. The van der Waals surface area contributed by atoms with Gasteiger partial charge >= 0.3 is 0 Å². The summed E-state index contributed by atoms with van der Waals surface area (Å²) in [5, 5.41) is 0.541. The second-order valence-electron chi connectivity index (χ2n) is 7.02. The fourth-order valence-electron chi connectivity index (χ4n) is 3.05. The largest absolute Gasteiger partial charge is 0.309 e. The van der Waals surface area contributed by atoms with Crippen LogP contribution < -0.4 is 4.90 Å². The molecule has 0 fully saturated rings. The van der Waals surface area contributed by atoms with E-state index in [1.54, 1.807) is 11.0 Å². The Morgan fingerprint density at radius 1 is 1.15 bits per heavy atom. The lowest BCUT2D eigenvalue weighted by atomic mass is 10.0. The van der Waals surface area contributed by atoms with E-state index in [1.807, 2.05) is 52.2 Å². The van der Waals surface area contributed by atoms with Gasteiger partial charge in [0.2, 0.25) is 0 Å². The van der Waals surface area contributed by atoms with Crippen LogP contribution >= 0.6 is 11.3 Å². The summed E-state index contributed by atoms with van der Waals surface area (Å²) in [6.45, 7) is 5.34. The molecule has 2 aromatic carbocycles. The first kappa shape index (κ1) is 19.5. The van der Waals surface area contributed by atoms with E-state index in [0.717, 1.165) is 28.8 Å².